The molecule has 0 spiro atoms. The van der Waals surface area contributed by atoms with Gasteiger partial charge in [0.15, 0.2) is 0 Å². The van der Waals surface area contributed by atoms with Gasteiger partial charge in [-0.2, -0.15) is 0 Å². The Kier molecular flexibility index (Phi) is 7.17. The van der Waals surface area contributed by atoms with Gasteiger partial charge < -0.3 is 5.32 Å². The van der Waals surface area contributed by atoms with Crippen molar-refractivity contribution in [2.75, 3.05) is 19.4 Å². The van der Waals surface area contributed by atoms with Crippen LogP contribution >= 0.6 is 11.6 Å². The summed E-state index contributed by atoms with van der Waals surface area (Å²) in [6.45, 7) is 1.87. The molecule has 5 rings (SSSR count). The highest BCUT2D eigenvalue weighted by molar-refractivity contribution is 7.89. The van der Waals surface area contributed by atoms with E-state index in [0.29, 0.717) is 44.4 Å². The van der Waals surface area contributed by atoms with Crippen molar-refractivity contribution < 1.29 is 8.42 Å². The lowest BCUT2D eigenvalue weighted by Gasteiger charge is -2.21. The van der Waals surface area contributed by atoms with E-state index in [0.717, 1.165) is 4.31 Å². The van der Waals surface area contributed by atoms with Crippen molar-refractivity contribution in [1.82, 2.24) is 23.8 Å². The first-order valence-corrected chi connectivity index (χ1v) is 13.9. The zero-order valence-corrected chi connectivity index (χ0v) is 23.0. The quantitative estimate of drug-likeness (QED) is 0.301. The highest BCUT2D eigenvalue weighted by atomic mass is 35.5. The van der Waals surface area contributed by atoms with Gasteiger partial charge in [0.25, 0.3) is 5.56 Å². The molecule has 0 saturated heterocycles. The second kappa shape index (κ2) is 10.6. The smallest absolute Gasteiger partial charge is 0.267 e. The number of rotatable bonds is 7. The van der Waals surface area contributed by atoms with Gasteiger partial charge in [0.05, 0.1) is 32.6 Å². The van der Waals surface area contributed by atoms with E-state index in [1.165, 1.54) is 25.0 Å². The molecule has 0 bridgehead atoms. The van der Waals surface area contributed by atoms with Crippen LogP contribution in [-0.4, -0.2) is 46.3 Å². The minimum Gasteiger partial charge on any atom is -0.360 e. The topological polar surface area (TPSA) is 110 Å². The van der Waals surface area contributed by atoms with Crippen LogP contribution in [0.15, 0.2) is 95.0 Å². The van der Waals surface area contributed by atoms with Crippen molar-refractivity contribution in [2.45, 2.75) is 17.9 Å². The third-order valence-corrected chi connectivity index (χ3v) is 8.39. The van der Waals surface area contributed by atoms with Crippen molar-refractivity contribution in [1.29, 1.82) is 0 Å². The SMILES string of the molecule is C[C@H](Nc1ncncc1-c1cccc(S(=O)(=O)N(C)C)c1)c1nc2cccc(Cl)c2c(=O)n1-c1ccccc1. The largest absolute Gasteiger partial charge is 0.360 e. The van der Waals surface area contributed by atoms with Gasteiger partial charge in [-0.25, -0.2) is 27.7 Å². The van der Waals surface area contributed by atoms with Crippen LogP contribution in [0, 0.1) is 0 Å². The fraction of sp³-hybridized carbons (Fsp3) is 0.143. The van der Waals surface area contributed by atoms with Crippen molar-refractivity contribution in [3.05, 3.63) is 107 Å². The minimum atomic E-state index is -3.64. The van der Waals surface area contributed by atoms with E-state index in [1.54, 1.807) is 48.7 Å². The summed E-state index contributed by atoms with van der Waals surface area (Å²) in [4.78, 5) is 27.3. The zero-order chi connectivity index (χ0) is 27.7. The van der Waals surface area contributed by atoms with E-state index in [9.17, 15) is 13.2 Å². The predicted molar refractivity (Wildman–Crippen MR) is 153 cm³/mol. The van der Waals surface area contributed by atoms with Crippen molar-refractivity contribution >= 4 is 38.3 Å². The molecular weight excluding hydrogens is 536 g/mol. The van der Waals surface area contributed by atoms with E-state index < -0.39 is 16.1 Å². The van der Waals surface area contributed by atoms with Crippen LogP contribution in [0.3, 0.4) is 0 Å². The molecule has 0 radical (unpaired) electrons. The molecule has 0 fully saturated rings. The molecule has 11 heteroatoms. The molecule has 1 N–H and O–H groups in total. The maximum absolute atomic E-state index is 13.7. The molecule has 0 saturated carbocycles. The molecule has 0 aliphatic rings. The van der Waals surface area contributed by atoms with Crippen molar-refractivity contribution in [3.8, 4) is 16.8 Å². The molecule has 1 atom stereocenters. The second-order valence-electron chi connectivity index (χ2n) is 9.05. The summed E-state index contributed by atoms with van der Waals surface area (Å²) in [5, 5.41) is 4.02. The van der Waals surface area contributed by atoms with Crippen LogP contribution in [0.1, 0.15) is 18.8 Å². The summed E-state index contributed by atoms with van der Waals surface area (Å²) in [5.41, 5.74) is 2.05. The molecule has 2 aromatic heterocycles. The number of halogens is 1. The number of sulfonamides is 1. The standard InChI is InChI=1S/C28H25ClN6O3S/c1-18(27-33-24-14-8-13-23(29)25(24)28(36)35(27)20-10-5-4-6-11-20)32-26-22(16-30-17-31-26)19-9-7-12-21(15-19)39(37,38)34(2)3/h4-18H,1-3H3,(H,30,31,32)/t18-/m0/s1. The van der Waals surface area contributed by atoms with E-state index in [1.807, 2.05) is 37.3 Å². The van der Waals surface area contributed by atoms with Gasteiger partial charge in [-0.3, -0.25) is 9.36 Å². The lowest BCUT2D eigenvalue weighted by atomic mass is 10.1. The Labute approximate surface area is 230 Å². The van der Waals surface area contributed by atoms with Gasteiger partial charge in [0.2, 0.25) is 10.0 Å². The summed E-state index contributed by atoms with van der Waals surface area (Å²) in [6, 6.07) is 20.5. The van der Waals surface area contributed by atoms with E-state index in [2.05, 4.69) is 15.3 Å². The summed E-state index contributed by atoms with van der Waals surface area (Å²) in [7, 11) is -0.670. The number of fused-ring (bicyclic) bond motifs is 1. The maximum atomic E-state index is 13.7. The Morgan fingerprint density at radius 1 is 1.00 bits per heavy atom. The minimum absolute atomic E-state index is 0.152. The fourth-order valence-corrected chi connectivity index (χ4v) is 5.48. The molecule has 0 unspecified atom stereocenters. The third-order valence-electron chi connectivity index (χ3n) is 6.26. The molecular formula is C28H25ClN6O3S. The zero-order valence-electron chi connectivity index (χ0n) is 21.4. The summed E-state index contributed by atoms with van der Waals surface area (Å²) in [5.74, 6) is 0.909. The van der Waals surface area contributed by atoms with Crippen LogP contribution in [-0.2, 0) is 10.0 Å². The Bertz CT molecular complexity index is 1840. The molecule has 2 heterocycles. The summed E-state index contributed by atoms with van der Waals surface area (Å²) in [6.07, 6.45) is 3.01. The van der Waals surface area contributed by atoms with Crippen LogP contribution in [0.2, 0.25) is 5.02 Å². The number of para-hydroxylation sites is 1. The first-order chi connectivity index (χ1) is 18.7. The van der Waals surface area contributed by atoms with Crippen LogP contribution in [0.25, 0.3) is 27.7 Å². The van der Waals surface area contributed by atoms with Crippen LogP contribution in [0.4, 0.5) is 5.82 Å². The lowest BCUT2D eigenvalue weighted by Crippen LogP contribution is -2.27. The molecule has 39 heavy (non-hydrogen) atoms. The second-order valence-corrected chi connectivity index (χ2v) is 11.6. The van der Waals surface area contributed by atoms with Gasteiger partial charge in [0.1, 0.15) is 18.0 Å². The van der Waals surface area contributed by atoms with E-state index in [-0.39, 0.29) is 10.5 Å². The molecule has 0 aliphatic carbocycles. The van der Waals surface area contributed by atoms with Gasteiger partial charge in [-0.15, -0.1) is 0 Å². The third kappa shape index (κ3) is 5.01. The van der Waals surface area contributed by atoms with E-state index >= 15 is 0 Å². The average molecular weight is 561 g/mol. The van der Waals surface area contributed by atoms with Crippen LogP contribution < -0.4 is 10.9 Å². The monoisotopic (exact) mass is 560 g/mol. The number of nitrogens with zero attached hydrogens (tertiary/aromatic N) is 5. The summed E-state index contributed by atoms with van der Waals surface area (Å²) >= 11 is 6.40. The normalized spacial score (nSPS) is 12.5. The number of nitrogens with one attached hydrogen (secondary N) is 1. The number of anilines is 1. The Balaban J connectivity index is 1.62. The number of aromatic nitrogens is 4. The molecule has 9 nitrogen and oxygen atoms in total. The first kappa shape index (κ1) is 26.5. The highest BCUT2D eigenvalue weighted by Gasteiger charge is 2.22. The average Bonchev–Trinajstić information content (AvgIpc) is 2.93. The number of hydrogen-bond donors (Lipinski definition) is 1. The maximum Gasteiger partial charge on any atom is 0.267 e. The van der Waals surface area contributed by atoms with Crippen molar-refractivity contribution in [3.63, 3.8) is 0 Å². The van der Waals surface area contributed by atoms with E-state index in [4.69, 9.17) is 16.6 Å². The molecule has 0 amide bonds. The number of benzene rings is 3. The molecule has 3 aromatic carbocycles. The summed E-state index contributed by atoms with van der Waals surface area (Å²) < 4.78 is 28.2. The number of hydrogen-bond acceptors (Lipinski definition) is 7. The van der Waals surface area contributed by atoms with Gasteiger partial charge >= 0.3 is 0 Å². The van der Waals surface area contributed by atoms with Crippen molar-refractivity contribution in [2.24, 2.45) is 0 Å². The molecule has 0 aliphatic heterocycles. The highest BCUT2D eigenvalue weighted by Crippen LogP contribution is 2.31. The molecule has 5 aromatic rings. The van der Waals surface area contributed by atoms with Gasteiger partial charge in [-0.1, -0.05) is 48.0 Å². The fourth-order valence-electron chi connectivity index (χ4n) is 4.28. The Morgan fingerprint density at radius 3 is 2.49 bits per heavy atom. The Hall–Kier alpha value is -4.12. The van der Waals surface area contributed by atoms with Gasteiger partial charge in [-0.05, 0) is 48.9 Å². The molecule has 198 valence electrons. The lowest BCUT2D eigenvalue weighted by molar-refractivity contribution is 0.521. The first-order valence-electron chi connectivity index (χ1n) is 12.0. The Morgan fingerprint density at radius 2 is 1.74 bits per heavy atom. The van der Waals surface area contributed by atoms with Crippen LogP contribution in [0.5, 0.6) is 0 Å². The van der Waals surface area contributed by atoms with Gasteiger partial charge in [0, 0.05) is 25.9 Å². The predicted octanol–water partition coefficient (Wildman–Crippen LogP) is 4.92.